The van der Waals surface area contributed by atoms with Gasteiger partial charge in [-0.05, 0) is 51.0 Å². The zero-order valence-corrected chi connectivity index (χ0v) is 17.2. The van der Waals surface area contributed by atoms with Gasteiger partial charge in [0.05, 0.1) is 17.5 Å². The van der Waals surface area contributed by atoms with Crippen molar-refractivity contribution in [2.75, 3.05) is 23.7 Å². The van der Waals surface area contributed by atoms with Gasteiger partial charge in [0.15, 0.2) is 0 Å². The molecule has 0 heterocycles. The van der Waals surface area contributed by atoms with Gasteiger partial charge >= 0.3 is 6.03 Å². The molecule has 7 nitrogen and oxygen atoms in total. The molecule has 1 aliphatic rings. The summed E-state index contributed by atoms with van der Waals surface area (Å²) in [6.07, 6.45) is 5.52. The third-order valence-electron chi connectivity index (χ3n) is 4.58. The van der Waals surface area contributed by atoms with E-state index in [-0.39, 0.29) is 30.5 Å². The topological polar surface area (TPSA) is 87.7 Å². The lowest BCUT2D eigenvalue weighted by Crippen LogP contribution is -2.45. The molecule has 0 bridgehead atoms. The maximum absolute atomic E-state index is 12.5. The second-order valence-electron chi connectivity index (χ2n) is 7.18. The van der Waals surface area contributed by atoms with Crippen molar-refractivity contribution in [3.63, 3.8) is 0 Å². The van der Waals surface area contributed by atoms with Crippen LogP contribution in [0.1, 0.15) is 46.0 Å². The summed E-state index contributed by atoms with van der Waals surface area (Å²) in [7, 11) is -2.02. The SMILES string of the molecule is CC(C)Oc1ccc(N(C)S(=O)(=O)CCNC(=O)NC2CCCCC2)cc1. The van der Waals surface area contributed by atoms with Crippen LogP contribution in [-0.4, -0.2) is 45.9 Å². The highest BCUT2D eigenvalue weighted by Gasteiger charge is 2.20. The Labute approximate surface area is 162 Å². The van der Waals surface area contributed by atoms with Gasteiger partial charge in [-0.25, -0.2) is 13.2 Å². The van der Waals surface area contributed by atoms with E-state index >= 15 is 0 Å². The number of rotatable bonds is 8. The van der Waals surface area contributed by atoms with Crippen molar-refractivity contribution in [3.8, 4) is 5.75 Å². The van der Waals surface area contributed by atoms with Crippen LogP contribution in [0.3, 0.4) is 0 Å². The third-order valence-corrected chi connectivity index (χ3v) is 6.34. The molecule has 8 heteroatoms. The van der Waals surface area contributed by atoms with Crippen molar-refractivity contribution in [3.05, 3.63) is 24.3 Å². The summed E-state index contributed by atoms with van der Waals surface area (Å²) < 4.78 is 31.8. The number of hydrogen-bond acceptors (Lipinski definition) is 4. The number of nitrogens with one attached hydrogen (secondary N) is 2. The zero-order valence-electron chi connectivity index (χ0n) is 16.4. The smallest absolute Gasteiger partial charge is 0.315 e. The minimum atomic E-state index is -3.53. The van der Waals surface area contributed by atoms with Crippen LogP contribution in [-0.2, 0) is 10.0 Å². The van der Waals surface area contributed by atoms with Gasteiger partial charge in [0.1, 0.15) is 5.75 Å². The number of urea groups is 1. The Kier molecular flexibility index (Phi) is 7.77. The Balaban J connectivity index is 1.81. The Morgan fingerprint density at radius 3 is 2.41 bits per heavy atom. The molecule has 2 rings (SSSR count). The zero-order chi connectivity index (χ0) is 19.9. The van der Waals surface area contributed by atoms with Crippen molar-refractivity contribution in [2.45, 2.75) is 58.1 Å². The van der Waals surface area contributed by atoms with Crippen LogP contribution in [0.4, 0.5) is 10.5 Å². The molecule has 0 spiro atoms. The summed E-state index contributed by atoms with van der Waals surface area (Å²) >= 11 is 0. The third kappa shape index (κ3) is 6.93. The second kappa shape index (κ2) is 9.82. The number of carbonyl (C=O) groups is 1. The van der Waals surface area contributed by atoms with Crippen molar-refractivity contribution >= 4 is 21.7 Å². The lowest BCUT2D eigenvalue weighted by atomic mass is 9.96. The first-order chi connectivity index (χ1) is 12.8. The molecule has 0 aliphatic heterocycles. The van der Waals surface area contributed by atoms with E-state index in [1.165, 1.54) is 17.8 Å². The van der Waals surface area contributed by atoms with Gasteiger partial charge in [0.2, 0.25) is 10.0 Å². The molecule has 152 valence electrons. The number of amides is 2. The van der Waals surface area contributed by atoms with Gasteiger partial charge in [-0.3, -0.25) is 4.31 Å². The summed E-state index contributed by atoms with van der Waals surface area (Å²) in [4.78, 5) is 11.9. The minimum absolute atomic E-state index is 0.0585. The number of carbonyl (C=O) groups excluding carboxylic acids is 1. The van der Waals surface area contributed by atoms with Crippen LogP contribution >= 0.6 is 0 Å². The fourth-order valence-electron chi connectivity index (χ4n) is 3.08. The standard InChI is InChI=1S/C19H31N3O4S/c1-15(2)26-18-11-9-17(10-12-18)22(3)27(24,25)14-13-20-19(23)21-16-7-5-4-6-8-16/h9-12,15-16H,4-8,13-14H2,1-3H3,(H2,20,21,23). The van der Waals surface area contributed by atoms with Gasteiger partial charge in [-0.15, -0.1) is 0 Å². The van der Waals surface area contributed by atoms with Crippen LogP contribution in [0.25, 0.3) is 0 Å². The highest BCUT2D eigenvalue weighted by molar-refractivity contribution is 7.92. The van der Waals surface area contributed by atoms with Crippen LogP contribution in [0, 0.1) is 0 Å². The average molecular weight is 398 g/mol. The first-order valence-electron chi connectivity index (χ1n) is 9.55. The Bertz CT molecular complexity index is 698. The highest BCUT2D eigenvalue weighted by atomic mass is 32.2. The Morgan fingerprint density at radius 2 is 1.81 bits per heavy atom. The van der Waals surface area contributed by atoms with E-state index in [0.29, 0.717) is 11.4 Å². The number of anilines is 1. The predicted octanol–water partition coefficient (Wildman–Crippen LogP) is 2.87. The monoisotopic (exact) mass is 397 g/mol. The molecule has 27 heavy (non-hydrogen) atoms. The highest BCUT2D eigenvalue weighted by Crippen LogP contribution is 2.21. The molecule has 0 aromatic heterocycles. The predicted molar refractivity (Wildman–Crippen MR) is 108 cm³/mol. The van der Waals surface area contributed by atoms with Crippen molar-refractivity contribution < 1.29 is 17.9 Å². The first-order valence-corrected chi connectivity index (χ1v) is 11.2. The molecule has 1 saturated carbocycles. The molecule has 0 unspecified atom stereocenters. The fourth-order valence-corrected chi connectivity index (χ4v) is 4.16. The summed E-state index contributed by atoms with van der Waals surface area (Å²) in [5.74, 6) is 0.534. The Hall–Kier alpha value is -1.96. The molecule has 1 fully saturated rings. The quantitative estimate of drug-likeness (QED) is 0.706. The normalized spacial score (nSPS) is 15.4. The largest absolute Gasteiger partial charge is 0.491 e. The van der Waals surface area contributed by atoms with E-state index in [1.54, 1.807) is 24.3 Å². The molecule has 0 saturated heterocycles. The van der Waals surface area contributed by atoms with Crippen LogP contribution in [0.5, 0.6) is 5.75 Å². The Morgan fingerprint density at radius 1 is 1.19 bits per heavy atom. The van der Waals surface area contributed by atoms with Gasteiger partial charge in [-0.2, -0.15) is 0 Å². The number of ether oxygens (including phenoxy) is 1. The van der Waals surface area contributed by atoms with E-state index in [9.17, 15) is 13.2 Å². The summed E-state index contributed by atoms with van der Waals surface area (Å²) in [5, 5.41) is 5.56. The molecular weight excluding hydrogens is 366 g/mol. The van der Waals surface area contributed by atoms with Crippen molar-refractivity contribution in [1.29, 1.82) is 0 Å². The van der Waals surface area contributed by atoms with E-state index in [4.69, 9.17) is 4.74 Å². The van der Waals surface area contributed by atoms with Crippen molar-refractivity contribution in [1.82, 2.24) is 10.6 Å². The van der Waals surface area contributed by atoms with Crippen LogP contribution in [0.2, 0.25) is 0 Å². The van der Waals surface area contributed by atoms with Crippen molar-refractivity contribution in [2.24, 2.45) is 0 Å². The molecule has 2 N–H and O–H groups in total. The van der Waals surface area contributed by atoms with Gasteiger partial charge in [0.25, 0.3) is 0 Å². The summed E-state index contributed by atoms with van der Waals surface area (Å²) in [5.41, 5.74) is 0.553. The second-order valence-corrected chi connectivity index (χ2v) is 9.30. The fraction of sp³-hybridized carbons (Fsp3) is 0.632. The molecular formula is C19H31N3O4S. The molecule has 0 radical (unpaired) electrons. The number of benzene rings is 1. The summed E-state index contributed by atoms with van der Waals surface area (Å²) in [6, 6.07) is 6.81. The molecule has 1 aliphatic carbocycles. The molecule has 1 aromatic carbocycles. The minimum Gasteiger partial charge on any atom is -0.491 e. The van der Waals surface area contributed by atoms with Crippen LogP contribution < -0.4 is 19.7 Å². The molecule has 1 aromatic rings. The lowest BCUT2D eigenvalue weighted by Gasteiger charge is -2.23. The molecule has 2 amide bonds. The van der Waals surface area contributed by atoms with E-state index < -0.39 is 10.0 Å². The first kappa shape index (κ1) is 21.3. The maximum Gasteiger partial charge on any atom is 0.315 e. The maximum atomic E-state index is 12.5. The van der Waals surface area contributed by atoms with Gasteiger partial charge in [-0.1, -0.05) is 19.3 Å². The van der Waals surface area contributed by atoms with Crippen LogP contribution in [0.15, 0.2) is 24.3 Å². The van der Waals surface area contributed by atoms with Gasteiger partial charge < -0.3 is 15.4 Å². The van der Waals surface area contributed by atoms with E-state index in [0.717, 1.165) is 25.7 Å². The van der Waals surface area contributed by atoms with E-state index in [1.807, 2.05) is 13.8 Å². The lowest BCUT2D eigenvalue weighted by molar-refractivity contribution is 0.233. The van der Waals surface area contributed by atoms with E-state index in [2.05, 4.69) is 10.6 Å². The average Bonchev–Trinajstić information content (AvgIpc) is 2.62. The number of nitrogens with zero attached hydrogens (tertiary/aromatic N) is 1. The van der Waals surface area contributed by atoms with Gasteiger partial charge in [0, 0.05) is 19.6 Å². The summed E-state index contributed by atoms with van der Waals surface area (Å²) in [6.45, 7) is 3.93. The number of sulfonamides is 1. The number of hydrogen-bond donors (Lipinski definition) is 2. The molecule has 0 atom stereocenters.